The summed E-state index contributed by atoms with van der Waals surface area (Å²) in [6.45, 7) is 4.28. The van der Waals surface area contributed by atoms with Crippen molar-refractivity contribution in [2.45, 2.75) is 25.2 Å². The van der Waals surface area contributed by atoms with Crippen molar-refractivity contribution in [3.05, 3.63) is 11.1 Å². The molecule has 3 rings (SSSR count). The average Bonchev–Trinajstić information content (AvgIpc) is 2.89. The molecule has 3 heterocycles. The molecule has 1 spiro atoms. The predicted molar refractivity (Wildman–Crippen MR) is 65.7 cm³/mol. The zero-order valence-electron chi connectivity index (χ0n) is 9.72. The monoisotopic (exact) mass is 255 g/mol. The van der Waals surface area contributed by atoms with E-state index in [-0.39, 0.29) is 5.79 Å². The summed E-state index contributed by atoms with van der Waals surface area (Å²) >= 11 is 1.56. The molecule has 0 unspecified atom stereocenters. The van der Waals surface area contributed by atoms with Crippen molar-refractivity contribution in [3.8, 4) is 0 Å². The first kappa shape index (κ1) is 11.4. The molecule has 1 aromatic rings. The van der Waals surface area contributed by atoms with Crippen LogP contribution in [0.1, 0.15) is 17.7 Å². The molecule has 1 aromatic heterocycles. The Kier molecular flexibility index (Phi) is 3.04. The van der Waals surface area contributed by atoms with Gasteiger partial charge in [-0.2, -0.15) is 0 Å². The number of anilines is 1. The highest BCUT2D eigenvalue weighted by molar-refractivity contribution is 7.15. The van der Waals surface area contributed by atoms with E-state index >= 15 is 0 Å². The standard InChI is InChI=1S/C11H17N3O2S/c12-10-13-6-9(17-10)7-14-3-1-2-11(8-14)15-4-5-16-11/h6H,1-5,7-8H2,(H2,12,13). The first-order valence-electron chi connectivity index (χ1n) is 5.96. The second kappa shape index (κ2) is 4.53. The lowest BCUT2D eigenvalue weighted by Gasteiger charge is -2.38. The number of hydrogen-bond acceptors (Lipinski definition) is 6. The Morgan fingerprint density at radius 3 is 3.00 bits per heavy atom. The molecule has 0 saturated carbocycles. The van der Waals surface area contributed by atoms with E-state index in [0.29, 0.717) is 5.13 Å². The Morgan fingerprint density at radius 1 is 1.47 bits per heavy atom. The lowest BCUT2D eigenvalue weighted by atomic mass is 10.0. The first-order valence-corrected chi connectivity index (χ1v) is 6.78. The number of likely N-dealkylation sites (tertiary alicyclic amines) is 1. The summed E-state index contributed by atoms with van der Waals surface area (Å²) in [7, 11) is 0. The fourth-order valence-corrected chi connectivity index (χ4v) is 3.28. The molecule has 0 aliphatic carbocycles. The van der Waals surface area contributed by atoms with Crippen LogP contribution in [0, 0.1) is 0 Å². The van der Waals surface area contributed by atoms with E-state index in [1.54, 1.807) is 11.3 Å². The van der Waals surface area contributed by atoms with Gasteiger partial charge in [-0.3, -0.25) is 4.90 Å². The summed E-state index contributed by atoms with van der Waals surface area (Å²) in [5.74, 6) is -0.339. The SMILES string of the molecule is Nc1ncc(CN2CCCC3(C2)OCCO3)s1. The summed E-state index contributed by atoms with van der Waals surface area (Å²) in [5, 5.41) is 0.639. The molecule has 0 amide bonds. The number of ether oxygens (including phenoxy) is 2. The number of thiazole rings is 1. The second-order valence-electron chi connectivity index (χ2n) is 4.59. The van der Waals surface area contributed by atoms with Gasteiger partial charge in [0.1, 0.15) is 0 Å². The molecule has 0 atom stereocenters. The summed E-state index contributed by atoms with van der Waals surface area (Å²) < 4.78 is 11.5. The Balaban J connectivity index is 1.64. The minimum absolute atomic E-state index is 0.339. The van der Waals surface area contributed by atoms with Crippen LogP contribution in [0.5, 0.6) is 0 Å². The maximum absolute atomic E-state index is 5.75. The quantitative estimate of drug-likeness (QED) is 0.856. The smallest absolute Gasteiger partial charge is 0.181 e. The Labute approximate surface area is 105 Å². The van der Waals surface area contributed by atoms with Gasteiger partial charge in [-0.05, 0) is 13.0 Å². The number of hydrogen-bond donors (Lipinski definition) is 1. The van der Waals surface area contributed by atoms with Crippen LogP contribution in [0.15, 0.2) is 6.20 Å². The highest BCUT2D eigenvalue weighted by atomic mass is 32.1. The van der Waals surface area contributed by atoms with Crippen molar-refractivity contribution in [1.29, 1.82) is 0 Å². The zero-order chi connectivity index (χ0) is 11.7. The summed E-state index contributed by atoms with van der Waals surface area (Å²) in [6, 6.07) is 0. The summed E-state index contributed by atoms with van der Waals surface area (Å²) in [4.78, 5) is 7.65. The maximum atomic E-state index is 5.75. The van der Waals surface area contributed by atoms with E-state index in [9.17, 15) is 0 Å². The molecule has 6 heteroatoms. The van der Waals surface area contributed by atoms with Gasteiger partial charge in [-0.15, -0.1) is 11.3 Å². The highest BCUT2D eigenvalue weighted by Gasteiger charge is 2.40. The summed E-state index contributed by atoms with van der Waals surface area (Å²) in [6.07, 6.45) is 3.99. The van der Waals surface area contributed by atoms with Gasteiger partial charge in [0.05, 0.1) is 19.8 Å². The molecule has 2 N–H and O–H groups in total. The number of nitrogens with zero attached hydrogens (tertiary/aromatic N) is 2. The molecule has 0 aromatic carbocycles. The molecule has 5 nitrogen and oxygen atoms in total. The molecule has 94 valence electrons. The third-order valence-electron chi connectivity index (χ3n) is 3.26. The maximum Gasteiger partial charge on any atom is 0.181 e. The number of rotatable bonds is 2. The normalized spacial score (nSPS) is 24.5. The van der Waals surface area contributed by atoms with Gasteiger partial charge in [0, 0.05) is 24.0 Å². The van der Waals surface area contributed by atoms with Gasteiger partial charge < -0.3 is 15.2 Å². The average molecular weight is 255 g/mol. The molecule has 2 fully saturated rings. The molecule has 0 radical (unpaired) electrons. The molecule has 17 heavy (non-hydrogen) atoms. The second-order valence-corrected chi connectivity index (χ2v) is 5.73. The number of aromatic nitrogens is 1. The molecule has 2 aliphatic heterocycles. The third-order valence-corrected chi connectivity index (χ3v) is 4.07. The molecular formula is C11H17N3O2S. The van der Waals surface area contributed by atoms with E-state index in [0.717, 1.165) is 45.7 Å². The van der Waals surface area contributed by atoms with Gasteiger partial charge in [0.2, 0.25) is 0 Å². The van der Waals surface area contributed by atoms with Gasteiger partial charge in [0.15, 0.2) is 10.9 Å². The molecule has 2 saturated heterocycles. The van der Waals surface area contributed by atoms with Gasteiger partial charge in [0.25, 0.3) is 0 Å². The van der Waals surface area contributed by atoms with Gasteiger partial charge in [-0.25, -0.2) is 4.98 Å². The summed E-state index contributed by atoms with van der Waals surface area (Å²) in [5.41, 5.74) is 5.64. The van der Waals surface area contributed by atoms with Crippen LogP contribution in [-0.2, 0) is 16.0 Å². The topological polar surface area (TPSA) is 60.6 Å². The van der Waals surface area contributed by atoms with Crippen LogP contribution < -0.4 is 5.73 Å². The van der Waals surface area contributed by atoms with Crippen molar-refractivity contribution in [3.63, 3.8) is 0 Å². The van der Waals surface area contributed by atoms with Crippen LogP contribution in [0.2, 0.25) is 0 Å². The van der Waals surface area contributed by atoms with E-state index in [1.807, 2.05) is 6.20 Å². The van der Waals surface area contributed by atoms with Crippen molar-refractivity contribution in [2.24, 2.45) is 0 Å². The Bertz CT molecular complexity index is 390. The van der Waals surface area contributed by atoms with Crippen LogP contribution in [-0.4, -0.2) is 42.0 Å². The number of nitrogens with two attached hydrogens (primary N) is 1. The largest absolute Gasteiger partial charge is 0.375 e. The van der Waals surface area contributed by atoms with Crippen LogP contribution in [0.3, 0.4) is 0 Å². The van der Waals surface area contributed by atoms with E-state index in [1.165, 1.54) is 4.88 Å². The van der Waals surface area contributed by atoms with Crippen molar-refractivity contribution >= 4 is 16.5 Å². The van der Waals surface area contributed by atoms with Crippen molar-refractivity contribution < 1.29 is 9.47 Å². The minimum Gasteiger partial charge on any atom is -0.375 e. The van der Waals surface area contributed by atoms with Crippen molar-refractivity contribution in [1.82, 2.24) is 9.88 Å². The molecule has 2 aliphatic rings. The van der Waals surface area contributed by atoms with E-state index in [4.69, 9.17) is 15.2 Å². The fourth-order valence-electron chi connectivity index (χ4n) is 2.55. The first-order chi connectivity index (χ1) is 8.26. The highest BCUT2D eigenvalue weighted by Crippen LogP contribution is 2.31. The van der Waals surface area contributed by atoms with Crippen LogP contribution in [0.25, 0.3) is 0 Å². The Hall–Kier alpha value is -0.690. The third kappa shape index (κ3) is 2.44. The Morgan fingerprint density at radius 2 is 2.29 bits per heavy atom. The van der Waals surface area contributed by atoms with Crippen LogP contribution in [0.4, 0.5) is 5.13 Å². The minimum atomic E-state index is -0.339. The zero-order valence-corrected chi connectivity index (χ0v) is 10.5. The van der Waals surface area contributed by atoms with E-state index < -0.39 is 0 Å². The predicted octanol–water partition coefficient (Wildman–Crippen LogP) is 1.06. The van der Waals surface area contributed by atoms with E-state index in [2.05, 4.69) is 9.88 Å². The van der Waals surface area contributed by atoms with Crippen LogP contribution >= 0.6 is 11.3 Å². The van der Waals surface area contributed by atoms with Crippen molar-refractivity contribution in [2.75, 3.05) is 32.0 Å². The van der Waals surface area contributed by atoms with Gasteiger partial charge >= 0.3 is 0 Å². The number of nitrogen functional groups attached to an aromatic ring is 1. The lowest BCUT2D eigenvalue weighted by Crippen LogP contribution is -2.48. The molecular weight excluding hydrogens is 238 g/mol. The fraction of sp³-hybridized carbons (Fsp3) is 0.727. The number of piperidine rings is 1. The van der Waals surface area contributed by atoms with Gasteiger partial charge in [-0.1, -0.05) is 0 Å². The lowest BCUT2D eigenvalue weighted by molar-refractivity contribution is -0.190. The molecule has 0 bridgehead atoms.